The molecule has 1 aliphatic carbocycles. The highest BCUT2D eigenvalue weighted by Crippen LogP contribution is 2.36. The van der Waals surface area contributed by atoms with E-state index in [9.17, 15) is 9.59 Å². The fourth-order valence-electron chi connectivity index (χ4n) is 3.47. The summed E-state index contributed by atoms with van der Waals surface area (Å²) in [5.41, 5.74) is 11.1. The van der Waals surface area contributed by atoms with Gasteiger partial charge in [0.1, 0.15) is 0 Å². The fraction of sp³-hybridized carbons (Fsp3) is 0.0417. The van der Waals surface area contributed by atoms with Crippen LogP contribution in [0.5, 0.6) is 0 Å². The number of hydroxylamine groups is 1. The molecule has 148 valence electrons. The van der Waals surface area contributed by atoms with E-state index in [4.69, 9.17) is 5.21 Å². The number of carbonyl (C=O) groups is 2. The van der Waals surface area contributed by atoms with Gasteiger partial charge in [-0.05, 0) is 64.1 Å². The third-order valence-corrected chi connectivity index (χ3v) is 4.88. The van der Waals surface area contributed by atoms with E-state index in [0.717, 1.165) is 12.0 Å². The molecule has 0 aliphatic heterocycles. The van der Waals surface area contributed by atoms with Crippen molar-refractivity contribution in [2.24, 2.45) is 5.10 Å². The van der Waals surface area contributed by atoms with E-state index >= 15 is 0 Å². The zero-order valence-corrected chi connectivity index (χ0v) is 16.0. The van der Waals surface area contributed by atoms with Crippen LogP contribution in [0, 0.1) is 0 Å². The molecule has 6 heteroatoms. The van der Waals surface area contributed by atoms with Crippen molar-refractivity contribution < 1.29 is 14.8 Å². The van der Waals surface area contributed by atoms with Crippen molar-refractivity contribution in [1.29, 1.82) is 0 Å². The van der Waals surface area contributed by atoms with Crippen LogP contribution in [0.15, 0.2) is 77.9 Å². The van der Waals surface area contributed by atoms with Crippen molar-refractivity contribution in [2.45, 2.75) is 6.42 Å². The average Bonchev–Trinajstić information content (AvgIpc) is 3.15. The van der Waals surface area contributed by atoms with E-state index in [1.807, 2.05) is 12.1 Å². The van der Waals surface area contributed by atoms with Gasteiger partial charge in [0.2, 0.25) is 0 Å². The third kappa shape index (κ3) is 4.19. The number of nitrogens with one attached hydrogen (secondary N) is 2. The van der Waals surface area contributed by atoms with E-state index < -0.39 is 5.91 Å². The first-order valence-electron chi connectivity index (χ1n) is 9.41. The molecule has 2 amide bonds. The Morgan fingerprint density at radius 3 is 2.60 bits per heavy atom. The lowest BCUT2D eigenvalue weighted by Crippen LogP contribution is -2.17. The summed E-state index contributed by atoms with van der Waals surface area (Å²) in [6, 6.07) is 21.2. The molecule has 3 aromatic rings. The van der Waals surface area contributed by atoms with Crippen LogP contribution in [0.1, 0.15) is 32.6 Å². The van der Waals surface area contributed by atoms with Crippen molar-refractivity contribution >= 4 is 24.1 Å². The molecule has 0 saturated carbocycles. The second-order valence-corrected chi connectivity index (χ2v) is 6.88. The largest absolute Gasteiger partial charge is 0.288 e. The first-order chi connectivity index (χ1) is 14.6. The van der Waals surface area contributed by atoms with E-state index in [1.165, 1.54) is 39.9 Å². The summed E-state index contributed by atoms with van der Waals surface area (Å²) in [7, 11) is 0. The molecule has 0 bridgehead atoms. The molecule has 0 radical (unpaired) electrons. The minimum absolute atomic E-state index is 0.360. The summed E-state index contributed by atoms with van der Waals surface area (Å²) in [6.45, 7) is 0. The molecule has 6 nitrogen and oxygen atoms in total. The lowest BCUT2D eigenvalue weighted by molar-refractivity contribution is -0.124. The maximum atomic E-state index is 12.3. The van der Waals surface area contributed by atoms with E-state index in [0.29, 0.717) is 11.1 Å². The van der Waals surface area contributed by atoms with Crippen molar-refractivity contribution in [1.82, 2.24) is 10.9 Å². The summed E-state index contributed by atoms with van der Waals surface area (Å²) in [6.07, 6.45) is 5.18. The molecule has 1 aliphatic rings. The number of carbonyl (C=O) groups excluding carboxylic acids is 2. The molecular formula is C24H19N3O3. The molecule has 0 atom stereocenters. The second-order valence-electron chi connectivity index (χ2n) is 6.88. The summed E-state index contributed by atoms with van der Waals surface area (Å²) in [5, 5.41) is 12.6. The number of rotatable bonds is 5. The topological polar surface area (TPSA) is 90.8 Å². The zero-order chi connectivity index (χ0) is 20.9. The van der Waals surface area contributed by atoms with Gasteiger partial charge in [0.05, 0.1) is 6.21 Å². The highest BCUT2D eigenvalue weighted by atomic mass is 16.5. The predicted molar refractivity (Wildman–Crippen MR) is 115 cm³/mol. The molecule has 3 N–H and O–H groups in total. The molecule has 0 spiro atoms. The molecule has 4 rings (SSSR count). The van der Waals surface area contributed by atoms with Gasteiger partial charge in [-0.3, -0.25) is 14.8 Å². The Kier molecular flexibility index (Phi) is 5.50. The van der Waals surface area contributed by atoms with Crippen LogP contribution in [-0.4, -0.2) is 23.2 Å². The highest BCUT2D eigenvalue weighted by molar-refractivity contribution is 5.96. The normalized spacial score (nSPS) is 12.0. The van der Waals surface area contributed by atoms with Gasteiger partial charge in [-0.2, -0.15) is 5.10 Å². The molecule has 0 unspecified atom stereocenters. The van der Waals surface area contributed by atoms with Gasteiger partial charge in [0.15, 0.2) is 0 Å². The lowest BCUT2D eigenvalue weighted by atomic mass is 10.0. The smallest absolute Gasteiger partial charge is 0.271 e. The Morgan fingerprint density at radius 1 is 0.900 bits per heavy atom. The number of hydrazone groups is 1. The highest BCUT2D eigenvalue weighted by Gasteiger charge is 2.17. The number of hydrogen-bond acceptors (Lipinski definition) is 4. The Bertz CT molecular complexity index is 1180. The lowest BCUT2D eigenvalue weighted by Gasteiger charge is -2.03. The van der Waals surface area contributed by atoms with Crippen LogP contribution < -0.4 is 10.9 Å². The predicted octanol–water partition coefficient (Wildman–Crippen LogP) is 3.54. The number of nitrogens with zero attached hydrogens (tertiary/aromatic N) is 1. The van der Waals surface area contributed by atoms with Crippen LogP contribution in [0.3, 0.4) is 0 Å². The number of benzene rings is 3. The van der Waals surface area contributed by atoms with E-state index in [-0.39, 0.29) is 5.91 Å². The van der Waals surface area contributed by atoms with Gasteiger partial charge in [0.25, 0.3) is 11.8 Å². The molecule has 0 fully saturated rings. The van der Waals surface area contributed by atoms with Crippen LogP contribution in [0.4, 0.5) is 0 Å². The fourth-order valence-corrected chi connectivity index (χ4v) is 3.47. The third-order valence-electron chi connectivity index (χ3n) is 4.88. The van der Waals surface area contributed by atoms with Gasteiger partial charge in [0, 0.05) is 11.6 Å². The first kappa shape index (κ1) is 19.3. The summed E-state index contributed by atoms with van der Waals surface area (Å²) >= 11 is 0. The molecule has 3 aromatic carbocycles. The first-order valence-corrected chi connectivity index (χ1v) is 9.41. The Balaban J connectivity index is 1.42. The summed E-state index contributed by atoms with van der Waals surface area (Å²) < 4.78 is 0. The average molecular weight is 397 g/mol. The molecule has 0 aromatic heterocycles. The van der Waals surface area contributed by atoms with Crippen LogP contribution in [0.25, 0.3) is 17.2 Å². The van der Waals surface area contributed by atoms with Crippen LogP contribution in [-0.2, 0) is 11.2 Å². The van der Waals surface area contributed by atoms with Crippen molar-refractivity contribution in [3.05, 3.63) is 101 Å². The van der Waals surface area contributed by atoms with Gasteiger partial charge >= 0.3 is 0 Å². The molecule has 0 saturated heterocycles. The standard InChI is InChI=1S/C24H19N3O3/c28-23(27-30)11-9-16-4-3-6-19(12-16)24(29)26-25-15-17-8-10-22-20(13-17)14-18-5-1-2-7-21(18)22/h1-13,15,30H,14H2,(H,26,29)(H,27,28). The van der Waals surface area contributed by atoms with Gasteiger partial charge in [-0.1, -0.05) is 48.5 Å². The number of fused-ring (bicyclic) bond motifs is 3. The van der Waals surface area contributed by atoms with Crippen molar-refractivity contribution in [3.8, 4) is 11.1 Å². The zero-order valence-electron chi connectivity index (χ0n) is 16.0. The minimum atomic E-state index is -0.646. The Labute approximate surface area is 173 Å². The molecular weight excluding hydrogens is 378 g/mol. The van der Waals surface area contributed by atoms with Crippen LogP contribution >= 0.6 is 0 Å². The van der Waals surface area contributed by atoms with Crippen molar-refractivity contribution in [3.63, 3.8) is 0 Å². The number of amides is 2. The maximum Gasteiger partial charge on any atom is 0.271 e. The SMILES string of the molecule is O=C(C=Cc1cccc(C(=O)NN=Cc2ccc3c(c2)Cc2ccccc2-3)c1)NO. The van der Waals surface area contributed by atoms with Crippen molar-refractivity contribution in [2.75, 3.05) is 0 Å². The Hall–Kier alpha value is -4.03. The maximum absolute atomic E-state index is 12.3. The van der Waals surface area contributed by atoms with Crippen LogP contribution in [0.2, 0.25) is 0 Å². The number of hydrogen-bond donors (Lipinski definition) is 3. The second kappa shape index (κ2) is 8.55. The molecule has 0 heterocycles. The van der Waals surface area contributed by atoms with E-state index in [2.05, 4.69) is 40.9 Å². The minimum Gasteiger partial charge on any atom is -0.288 e. The van der Waals surface area contributed by atoms with E-state index in [1.54, 1.807) is 30.5 Å². The van der Waals surface area contributed by atoms with Gasteiger partial charge in [-0.15, -0.1) is 0 Å². The molecule has 30 heavy (non-hydrogen) atoms. The Morgan fingerprint density at radius 2 is 1.73 bits per heavy atom. The monoisotopic (exact) mass is 397 g/mol. The summed E-state index contributed by atoms with van der Waals surface area (Å²) in [5.74, 6) is -1.01. The quantitative estimate of drug-likeness (QED) is 0.208. The van der Waals surface area contributed by atoms with Gasteiger partial charge < -0.3 is 0 Å². The van der Waals surface area contributed by atoms with Gasteiger partial charge in [-0.25, -0.2) is 10.9 Å². The summed E-state index contributed by atoms with van der Waals surface area (Å²) in [4.78, 5) is 23.4.